The molecule has 0 bridgehead atoms. The van der Waals surface area contributed by atoms with Crippen molar-refractivity contribution in [3.8, 4) is 0 Å². The van der Waals surface area contributed by atoms with Crippen LogP contribution >= 0.6 is 0 Å². The van der Waals surface area contributed by atoms with Gasteiger partial charge in [-0.1, -0.05) is 0 Å². The van der Waals surface area contributed by atoms with E-state index in [9.17, 15) is 10.2 Å². The lowest BCUT2D eigenvalue weighted by atomic mass is 10.1. The Kier molecular flexibility index (Phi) is 7.94. The minimum absolute atomic E-state index is 0.160. The van der Waals surface area contributed by atoms with Crippen molar-refractivity contribution in [2.45, 2.75) is 65.0 Å². The van der Waals surface area contributed by atoms with Crippen molar-refractivity contribution in [2.75, 3.05) is 19.8 Å². The number of rotatable bonds is 9. The standard InChI is InChI=1S/C14H28O6/c1-5-17-9(3)19-8-11-7-12(14(16)13(11)15)20-10(4)18-6-2/h9-16H,5-8H2,1-4H3/t9?,10?,11-,12+,13-,14-/m1/s1. The maximum atomic E-state index is 10.0. The minimum Gasteiger partial charge on any atom is -0.390 e. The predicted octanol–water partition coefficient (Wildman–Crippen LogP) is 0.895. The van der Waals surface area contributed by atoms with Crippen LogP contribution in [0.3, 0.4) is 0 Å². The van der Waals surface area contributed by atoms with Crippen LogP contribution in [0.4, 0.5) is 0 Å². The van der Waals surface area contributed by atoms with Gasteiger partial charge in [0.15, 0.2) is 12.6 Å². The number of hydrogen-bond donors (Lipinski definition) is 2. The Balaban J connectivity index is 2.39. The molecule has 1 saturated carbocycles. The molecule has 0 aliphatic heterocycles. The Labute approximate surface area is 121 Å². The summed E-state index contributed by atoms with van der Waals surface area (Å²) in [4.78, 5) is 0. The van der Waals surface area contributed by atoms with Crippen LogP contribution in [0.15, 0.2) is 0 Å². The van der Waals surface area contributed by atoms with Crippen LogP contribution in [0.2, 0.25) is 0 Å². The van der Waals surface area contributed by atoms with E-state index in [0.29, 0.717) is 26.2 Å². The lowest BCUT2D eigenvalue weighted by Gasteiger charge is -2.21. The molecule has 0 saturated heterocycles. The van der Waals surface area contributed by atoms with Crippen molar-refractivity contribution in [1.29, 1.82) is 0 Å². The van der Waals surface area contributed by atoms with Crippen molar-refractivity contribution >= 4 is 0 Å². The third-order valence-corrected chi connectivity index (χ3v) is 3.46. The average molecular weight is 292 g/mol. The van der Waals surface area contributed by atoms with Crippen LogP contribution in [-0.4, -0.2) is 60.9 Å². The smallest absolute Gasteiger partial charge is 0.155 e. The first-order valence-corrected chi connectivity index (χ1v) is 7.35. The van der Waals surface area contributed by atoms with E-state index in [2.05, 4.69) is 0 Å². The molecule has 1 aliphatic rings. The Morgan fingerprint density at radius 1 is 0.950 bits per heavy atom. The van der Waals surface area contributed by atoms with E-state index < -0.39 is 24.6 Å². The molecule has 0 radical (unpaired) electrons. The molecule has 2 unspecified atom stereocenters. The quantitative estimate of drug-likeness (QED) is 0.615. The molecule has 0 aromatic carbocycles. The van der Waals surface area contributed by atoms with E-state index in [-0.39, 0.29) is 12.2 Å². The zero-order valence-corrected chi connectivity index (χ0v) is 12.8. The normalized spacial score (nSPS) is 33.3. The summed E-state index contributed by atoms with van der Waals surface area (Å²) < 4.78 is 21.7. The van der Waals surface area contributed by atoms with Gasteiger partial charge in [0.25, 0.3) is 0 Å². The summed E-state index contributed by atoms with van der Waals surface area (Å²) in [7, 11) is 0. The molecule has 20 heavy (non-hydrogen) atoms. The van der Waals surface area contributed by atoms with Crippen LogP contribution in [0.5, 0.6) is 0 Å². The summed E-state index contributed by atoms with van der Waals surface area (Å²) in [5, 5.41) is 20.0. The van der Waals surface area contributed by atoms with Crippen LogP contribution in [0, 0.1) is 5.92 Å². The van der Waals surface area contributed by atoms with Gasteiger partial charge in [-0.05, 0) is 34.1 Å². The van der Waals surface area contributed by atoms with Crippen molar-refractivity contribution in [1.82, 2.24) is 0 Å². The van der Waals surface area contributed by atoms with E-state index in [4.69, 9.17) is 18.9 Å². The molecule has 1 fully saturated rings. The third-order valence-electron chi connectivity index (χ3n) is 3.46. The Morgan fingerprint density at radius 2 is 1.55 bits per heavy atom. The fourth-order valence-corrected chi connectivity index (χ4v) is 2.44. The van der Waals surface area contributed by atoms with Crippen molar-refractivity contribution in [3.63, 3.8) is 0 Å². The Hall–Kier alpha value is -0.240. The van der Waals surface area contributed by atoms with Gasteiger partial charge < -0.3 is 29.2 Å². The topological polar surface area (TPSA) is 77.4 Å². The molecular formula is C14H28O6. The number of ether oxygens (including phenoxy) is 4. The largest absolute Gasteiger partial charge is 0.390 e. The summed E-state index contributed by atoms with van der Waals surface area (Å²) >= 11 is 0. The van der Waals surface area contributed by atoms with E-state index >= 15 is 0 Å². The van der Waals surface area contributed by atoms with Gasteiger partial charge in [0.2, 0.25) is 0 Å². The van der Waals surface area contributed by atoms with E-state index in [1.807, 2.05) is 20.8 Å². The average Bonchev–Trinajstić information content (AvgIpc) is 2.65. The fraction of sp³-hybridized carbons (Fsp3) is 1.00. The second-order valence-electron chi connectivity index (χ2n) is 5.03. The summed E-state index contributed by atoms with van der Waals surface area (Å²) in [6.45, 7) is 8.83. The van der Waals surface area contributed by atoms with E-state index in [1.165, 1.54) is 0 Å². The molecule has 0 aromatic rings. The molecule has 0 aromatic heterocycles. The molecule has 6 nitrogen and oxygen atoms in total. The number of aliphatic hydroxyl groups excluding tert-OH is 2. The zero-order valence-electron chi connectivity index (χ0n) is 12.8. The zero-order chi connectivity index (χ0) is 15.1. The molecule has 0 spiro atoms. The molecule has 120 valence electrons. The van der Waals surface area contributed by atoms with Gasteiger partial charge in [-0.15, -0.1) is 0 Å². The first-order chi connectivity index (χ1) is 9.49. The highest BCUT2D eigenvalue weighted by Crippen LogP contribution is 2.30. The first-order valence-electron chi connectivity index (χ1n) is 7.35. The van der Waals surface area contributed by atoms with Gasteiger partial charge in [0.05, 0.1) is 18.8 Å². The van der Waals surface area contributed by atoms with Gasteiger partial charge in [-0.3, -0.25) is 0 Å². The van der Waals surface area contributed by atoms with Gasteiger partial charge in [-0.25, -0.2) is 0 Å². The monoisotopic (exact) mass is 292 g/mol. The van der Waals surface area contributed by atoms with Crippen LogP contribution in [0.25, 0.3) is 0 Å². The summed E-state index contributed by atoms with van der Waals surface area (Å²) in [5.41, 5.74) is 0. The van der Waals surface area contributed by atoms with Crippen molar-refractivity contribution < 1.29 is 29.2 Å². The molecule has 0 heterocycles. The maximum Gasteiger partial charge on any atom is 0.155 e. The predicted molar refractivity (Wildman–Crippen MR) is 73.1 cm³/mol. The molecule has 1 rings (SSSR count). The highest BCUT2D eigenvalue weighted by atomic mass is 16.7. The lowest BCUT2D eigenvalue weighted by molar-refractivity contribution is -0.179. The van der Waals surface area contributed by atoms with Crippen molar-refractivity contribution in [2.24, 2.45) is 5.92 Å². The number of aliphatic hydroxyl groups is 2. The summed E-state index contributed by atoms with van der Waals surface area (Å²) in [6, 6.07) is 0. The van der Waals surface area contributed by atoms with Crippen LogP contribution in [-0.2, 0) is 18.9 Å². The fourth-order valence-electron chi connectivity index (χ4n) is 2.44. The maximum absolute atomic E-state index is 10.0. The molecule has 6 heteroatoms. The second-order valence-corrected chi connectivity index (χ2v) is 5.03. The highest BCUT2D eigenvalue weighted by Gasteiger charge is 2.43. The van der Waals surface area contributed by atoms with Gasteiger partial charge in [0, 0.05) is 19.1 Å². The Morgan fingerprint density at radius 3 is 2.15 bits per heavy atom. The van der Waals surface area contributed by atoms with Crippen LogP contribution in [0.1, 0.15) is 34.1 Å². The second kappa shape index (κ2) is 8.92. The van der Waals surface area contributed by atoms with Crippen molar-refractivity contribution in [3.05, 3.63) is 0 Å². The lowest BCUT2D eigenvalue weighted by Crippen LogP contribution is -2.35. The minimum atomic E-state index is -0.908. The molecule has 6 atom stereocenters. The molecule has 0 amide bonds. The van der Waals surface area contributed by atoms with Gasteiger partial charge in [-0.2, -0.15) is 0 Å². The SMILES string of the molecule is CCOC(C)OC[C@H]1C[C@H](OC(C)OCC)[C@@H](O)[C@@H]1O. The highest BCUT2D eigenvalue weighted by molar-refractivity contribution is 4.92. The van der Waals surface area contributed by atoms with Gasteiger partial charge in [0.1, 0.15) is 6.10 Å². The first kappa shape index (κ1) is 17.8. The van der Waals surface area contributed by atoms with Gasteiger partial charge >= 0.3 is 0 Å². The summed E-state index contributed by atoms with van der Waals surface area (Å²) in [6.07, 6.45) is -2.35. The van der Waals surface area contributed by atoms with E-state index in [1.54, 1.807) is 6.92 Å². The number of hydrogen-bond acceptors (Lipinski definition) is 6. The van der Waals surface area contributed by atoms with Crippen LogP contribution < -0.4 is 0 Å². The van der Waals surface area contributed by atoms with E-state index in [0.717, 1.165) is 0 Å². The molecule has 1 aliphatic carbocycles. The summed E-state index contributed by atoms with van der Waals surface area (Å²) in [5.74, 6) is -0.160. The molecule has 2 N–H and O–H groups in total. The third kappa shape index (κ3) is 5.27. The molecular weight excluding hydrogens is 264 g/mol. The Bertz CT molecular complexity index is 262.